The highest BCUT2D eigenvalue weighted by atomic mass is 16.5. The molecule has 4 aromatic carbocycles. The van der Waals surface area contributed by atoms with E-state index in [9.17, 15) is 4.79 Å². The SMILES string of the molecule is Cc1cccc(C)c1N1C2=C(C(C)C(/C=C3\C(=O)c4cc5ccccc5cc4C3(C)C)O2)C(C)(C)c2ccccc21. The number of ketones is 1. The van der Waals surface area contributed by atoms with Gasteiger partial charge in [-0.25, -0.2) is 0 Å². The molecule has 2 aliphatic heterocycles. The predicted octanol–water partition coefficient (Wildman–Crippen LogP) is 9.23. The lowest BCUT2D eigenvalue weighted by atomic mass is 9.69. The Bertz CT molecular complexity index is 1820. The lowest BCUT2D eigenvalue weighted by Gasteiger charge is -2.41. The van der Waals surface area contributed by atoms with E-state index in [1.807, 2.05) is 6.07 Å². The van der Waals surface area contributed by atoms with E-state index in [1.165, 1.54) is 33.3 Å². The summed E-state index contributed by atoms with van der Waals surface area (Å²) >= 11 is 0. The van der Waals surface area contributed by atoms with Crippen LogP contribution in [0.2, 0.25) is 0 Å². The van der Waals surface area contributed by atoms with Crippen molar-refractivity contribution in [3.63, 3.8) is 0 Å². The fraction of sp³-hybridized carbons (Fsp3) is 0.289. The number of carbonyl (C=O) groups is 1. The first-order valence-corrected chi connectivity index (χ1v) is 14.7. The molecule has 0 bridgehead atoms. The highest BCUT2D eigenvalue weighted by Crippen LogP contribution is 2.56. The van der Waals surface area contributed by atoms with Crippen molar-refractivity contribution in [2.75, 3.05) is 4.90 Å². The number of aryl methyl sites for hydroxylation is 2. The average molecular weight is 540 g/mol. The maximum absolute atomic E-state index is 14.0. The first-order chi connectivity index (χ1) is 19.5. The Kier molecular flexibility index (Phi) is 5.48. The fourth-order valence-corrected chi connectivity index (χ4v) is 7.64. The minimum Gasteiger partial charge on any atom is -0.470 e. The number of fused-ring (bicyclic) bond motifs is 3. The number of hydrogen-bond donors (Lipinski definition) is 0. The summed E-state index contributed by atoms with van der Waals surface area (Å²) in [7, 11) is 0. The fourth-order valence-electron chi connectivity index (χ4n) is 7.64. The van der Waals surface area contributed by atoms with Gasteiger partial charge in [-0.15, -0.1) is 0 Å². The molecule has 7 rings (SSSR count). The maximum atomic E-state index is 14.0. The van der Waals surface area contributed by atoms with Crippen molar-refractivity contribution in [3.05, 3.63) is 130 Å². The van der Waals surface area contributed by atoms with Crippen LogP contribution in [0.1, 0.15) is 67.2 Å². The van der Waals surface area contributed by atoms with E-state index < -0.39 is 5.41 Å². The van der Waals surface area contributed by atoms with Gasteiger partial charge in [0.1, 0.15) is 6.10 Å². The number of para-hydroxylation sites is 2. The Hall–Kier alpha value is -4.11. The average Bonchev–Trinajstić information content (AvgIpc) is 3.36. The summed E-state index contributed by atoms with van der Waals surface area (Å²) in [5, 5.41) is 2.27. The van der Waals surface area contributed by atoms with E-state index in [4.69, 9.17) is 4.74 Å². The second kappa shape index (κ2) is 8.69. The summed E-state index contributed by atoms with van der Waals surface area (Å²) in [6, 6.07) is 27.7. The van der Waals surface area contributed by atoms with Crippen LogP contribution in [-0.2, 0) is 15.6 Å². The minimum atomic E-state index is -0.409. The number of benzene rings is 4. The smallest absolute Gasteiger partial charge is 0.199 e. The van der Waals surface area contributed by atoms with Gasteiger partial charge in [-0.1, -0.05) is 95.3 Å². The van der Waals surface area contributed by atoms with Gasteiger partial charge in [-0.05, 0) is 71.1 Å². The van der Waals surface area contributed by atoms with Crippen LogP contribution in [0.3, 0.4) is 0 Å². The molecule has 206 valence electrons. The molecule has 2 heterocycles. The number of Topliss-reactive ketones (excluding diaryl/α,β-unsaturated/α-hetero) is 1. The number of anilines is 2. The van der Waals surface area contributed by atoms with Crippen molar-refractivity contribution in [3.8, 4) is 0 Å². The zero-order valence-electron chi connectivity index (χ0n) is 25.0. The van der Waals surface area contributed by atoms with E-state index in [0.717, 1.165) is 33.7 Å². The van der Waals surface area contributed by atoms with Crippen molar-refractivity contribution in [2.24, 2.45) is 5.92 Å². The summed E-state index contributed by atoms with van der Waals surface area (Å²) in [5.41, 5.74) is 9.43. The normalized spacial score (nSPS) is 23.0. The van der Waals surface area contributed by atoms with E-state index in [0.29, 0.717) is 0 Å². The molecule has 0 radical (unpaired) electrons. The molecule has 2 unspecified atom stereocenters. The van der Waals surface area contributed by atoms with Gasteiger partial charge in [0.2, 0.25) is 0 Å². The summed E-state index contributed by atoms with van der Waals surface area (Å²) < 4.78 is 7.00. The van der Waals surface area contributed by atoms with Crippen molar-refractivity contribution >= 4 is 27.9 Å². The molecule has 3 aliphatic rings. The molecule has 0 aromatic heterocycles. The third-order valence-electron chi connectivity index (χ3n) is 9.84. The maximum Gasteiger partial charge on any atom is 0.199 e. The number of allylic oxidation sites excluding steroid dienone is 1. The predicted molar refractivity (Wildman–Crippen MR) is 168 cm³/mol. The molecule has 1 aliphatic carbocycles. The van der Waals surface area contributed by atoms with Crippen LogP contribution in [-0.4, -0.2) is 11.9 Å². The van der Waals surface area contributed by atoms with Gasteiger partial charge in [-0.2, -0.15) is 0 Å². The third kappa shape index (κ3) is 3.54. The molecule has 0 saturated heterocycles. The quantitative estimate of drug-likeness (QED) is 0.238. The van der Waals surface area contributed by atoms with Crippen molar-refractivity contribution in [2.45, 2.75) is 65.4 Å². The Balaban J connectivity index is 1.36. The molecule has 41 heavy (non-hydrogen) atoms. The highest BCUT2D eigenvalue weighted by molar-refractivity contribution is 6.17. The molecule has 0 N–H and O–H groups in total. The molecular formula is C38H37NO2. The Morgan fingerprint density at radius 2 is 1.41 bits per heavy atom. The lowest BCUT2D eigenvalue weighted by Crippen LogP contribution is -2.35. The largest absolute Gasteiger partial charge is 0.470 e. The lowest BCUT2D eigenvalue weighted by molar-refractivity contribution is 0.102. The Morgan fingerprint density at radius 3 is 2.12 bits per heavy atom. The Labute approximate surface area is 243 Å². The van der Waals surface area contributed by atoms with Gasteiger partial charge in [0.05, 0.1) is 11.4 Å². The number of ether oxygens (including phenoxy) is 1. The molecule has 4 aromatic rings. The molecule has 3 heteroatoms. The van der Waals surface area contributed by atoms with Crippen molar-refractivity contribution < 1.29 is 9.53 Å². The molecule has 0 spiro atoms. The molecule has 0 fully saturated rings. The van der Waals surface area contributed by atoms with Gasteiger partial charge < -0.3 is 4.74 Å². The molecular weight excluding hydrogens is 502 g/mol. The zero-order chi connectivity index (χ0) is 28.8. The van der Waals surface area contributed by atoms with Gasteiger partial charge >= 0.3 is 0 Å². The number of hydrogen-bond acceptors (Lipinski definition) is 3. The molecule has 0 amide bonds. The summed E-state index contributed by atoms with van der Waals surface area (Å²) in [5.74, 6) is 1.12. The molecule has 2 atom stereocenters. The summed E-state index contributed by atoms with van der Waals surface area (Å²) in [6.07, 6.45) is 1.89. The van der Waals surface area contributed by atoms with Crippen LogP contribution in [0.15, 0.2) is 102 Å². The number of carbonyl (C=O) groups excluding carboxylic acids is 1. The van der Waals surface area contributed by atoms with Gasteiger partial charge in [0.25, 0.3) is 0 Å². The second-order valence-corrected chi connectivity index (χ2v) is 13.1. The van der Waals surface area contributed by atoms with E-state index in [-0.39, 0.29) is 23.2 Å². The van der Waals surface area contributed by atoms with E-state index >= 15 is 0 Å². The molecule has 0 saturated carbocycles. The van der Waals surface area contributed by atoms with E-state index in [1.54, 1.807) is 0 Å². The van der Waals surface area contributed by atoms with E-state index in [2.05, 4.69) is 132 Å². The van der Waals surface area contributed by atoms with Crippen LogP contribution in [0.4, 0.5) is 11.4 Å². The zero-order valence-corrected chi connectivity index (χ0v) is 25.0. The Morgan fingerprint density at radius 1 is 0.780 bits per heavy atom. The van der Waals surface area contributed by atoms with Crippen LogP contribution in [0.5, 0.6) is 0 Å². The third-order valence-corrected chi connectivity index (χ3v) is 9.84. The van der Waals surface area contributed by atoms with Gasteiger partial charge in [0.15, 0.2) is 11.7 Å². The van der Waals surface area contributed by atoms with Crippen molar-refractivity contribution in [1.82, 2.24) is 0 Å². The van der Waals surface area contributed by atoms with Gasteiger partial charge in [-0.3, -0.25) is 9.69 Å². The van der Waals surface area contributed by atoms with Crippen LogP contribution in [0.25, 0.3) is 10.8 Å². The molecule has 3 nitrogen and oxygen atoms in total. The summed E-state index contributed by atoms with van der Waals surface area (Å²) in [4.78, 5) is 16.3. The monoisotopic (exact) mass is 539 g/mol. The second-order valence-electron chi connectivity index (χ2n) is 13.1. The van der Waals surface area contributed by atoms with Crippen LogP contribution in [0, 0.1) is 19.8 Å². The van der Waals surface area contributed by atoms with Crippen LogP contribution < -0.4 is 4.90 Å². The van der Waals surface area contributed by atoms with Gasteiger partial charge in [0, 0.05) is 33.5 Å². The minimum absolute atomic E-state index is 0.0964. The topological polar surface area (TPSA) is 29.5 Å². The summed E-state index contributed by atoms with van der Waals surface area (Å²) in [6.45, 7) is 15.6. The first-order valence-electron chi connectivity index (χ1n) is 14.7. The van der Waals surface area contributed by atoms with Crippen molar-refractivity contribution in [1.29, 1.82) is 0 Å². The number of rotatable bonds is 2. The standard InChI is InChI=1S/C38H37NO2/c1-22-13-12-14-23(2)34(22)39-31-18-11-10-17-28(31)38(6,7)33-24(3)32(41-36(33)39)21-30-35(40)27-19-25-15-8-9-16-26(25)20-29(27)37(30,4)5/h8-21,24,32H,1-7H3/b30-21+. The highest BCUT2D eigenvalue weighted by Gasteiger charge is 2.50. The van der Waals surface area contributed by atoms with Crippen LogP contribution >= 0.6 is 0 Å². The number of nitrogens with zero attached hydrogens (tertiary/aromatic N) is 1. The first kappa shape index (κ1) is 25.8.